The zero-order valence-electron chi connectivity index (χ0n) is 11.0. The highest BCUT2D eigenvalue weighted by Crippen LogP contribution is 2.39. The summed E-state index contributed by atoms with van der Waals surface area (Å²) < 4.78 is 5.36. The summed E-state index contributed by atoms with van der Waals surface area (Å²) in [6.07, 6.45) is 0.428. The zero-order chi connectivity index (χ0) is 14.0. The van der Waals surface area contributed by atoms with Crippen LogP contribution in [0.25, 0.3) is 0 Å². The number of aryl methyl sites for hydroxylation is 1. The minimum atomic E-state index is -0.899. The summed E-state index contributed by atoms with van der Waals surface area (Å²) in [5.41, 5.74) is 1.59. The third-order valence-electron chi connectivity index (χ3n) is 3.21. The molecule has 1 aromatic carbocycles. The standard InChI is InChI=1S/C14H17NO4/c1-3-19-9-4-5-12(8(2)6-9)15-13(16)10-7-11(10)14(17)18/h4-6,10-11H,3,7H2,1-2H3,(H,15,16)(H,17,18)/t10-,11+/m1/s1. The van der Waals surface area contributed by atoms with E-state index >= 15 is 0 Å². The highest BCUT2D eigenvalue weighted by atomic mass is 16.5. The third kappa shape index (κ3) is 3.05. The highest BCUT2D eigenvalue weighted by molar-refractivity contribution is 5.98. The van der Waals surface area contributed by atoms with Crippen LogP contribution in [-0.2, 0) is 9.59 Å². The Bertz CT molecular complexity index is 512. The molecule has 5 heteroatoms. The number of anilines is 1. The largest absolute Gasteiger partial charge is 0.494 e. The van der Waals surface area contributed by atoms with Crippen molar-refractivity contribution < 1.29 is 19.4 Å². The first-order valence-corrected chi connectivity index (χ1v) is 6.30. The van der Waals surface area contributed by atoms with Gasteiger partial charge in [-0.25, -0.2) is 0 Å². The number of nitrogens with one attached hydrogen (secondary N) is 1. The summed E-state index contributed by atoms with van der Waals surface area (Å²) in [5.74, 6) is -1.29. The van der Waals surface area contributed by atoms with Gasteiger partial charge in [0.25, 0.3) is 0 Å². The maximum atomic E-state index is 11.8. The second kappa shape index (κ2) is 5.30. The van der Waals surface area contributed by atoms with E-state index < -0.39 is 17.8 Å². The minimum absolute atomic E-state index is 0.223. The summed E-state index contributed by atoms with van der Waals surface area (Å²) in [6.45, 7) is 4.37. The molecule has 2 rings (SSSR count). The smallest absolute Gasteiger partial charge is 0.307 e. The number of ether oxygens (including phenoxy) is 1. The maximum absolute atomic E-state index is 11.8. The molecule has 1 aliphatic carbocycles. The lowest BCUT2D eigenvalue weighted by atomic mass is 10.2. The first-order valence-electron chi connectivity index (χ1n) is 6.30. The lowest BCUT2D eigenvalue weighted by Gasteiger charge is -2.10. The topological polar surface area (TPSA) is 75.6 Å². The molecule has 2 atom stereocenters. The van der Waals surface area contributed by atoms with E-state index in [1.807, 2.05) is 19.9 Å². The van der Waals surface area contributed by atoms with Crippen molar-refractivity contribution in [2.24, 2.45) is 11.8 Å². The van der Waals surface area contributed by atoms with Gasteiger partial charge in [-0.05, 0) is 44.0 Å². The molecule has 19 heavy (non-hydrogen) atoms. The molecule has 0 aliphatic heterocycles. The number of carbonyl (C=O) groups is 2. The van der Waals surface area contributed by atoms with Crippen LogP contribution in [0.1, 0.15) is 18.9 Å². The van der Waals surface area contributed by atoms with Crippen molar-refractivity contribution in [1.82, 2.24) is 0 Å². The van der Waals surface area contributed by atoms with Gasteiger partial charge in [-0.3, -0.25) is 9.59 Å². The SMILES string of the molecule is CCOc1ccc(NC(=O)[C@@H]2C[C@@H]2C(=O)O)c(C)c1. The second-order valence-electron chi connectivity index (χ2n) is 4.69. The molecular weight excluding hydrogens is 246 g/mol. The normalized spacial score (nSPS) is 20.7. The van der Waals surface area contributed by atoms with Crippen molar-refractivity contribution in [3.8, 4) is 5.75 Å². The Morgan fingerprint density at radius 1 is 1.42 bits per heavy atom. The van der Waals surface area contributed by atoms with Crippen LogP contribution in [-0.4, -0.2) is 23.6 Å². The van der Waals surface area contributed by atoms with Crippen molar-refractivity contribution in [3.63, 3.8) is 0 Å². The number of hydrogen-bond acceptors (Lipinski definition) is 3. The van der Waals surface area contributed by atoms with E-state index in [-0.39, 0.29) is 5.91 Å². The Balaban J connectivity index is 2.00. The average molecular weight is 263 g/mol. The van der Waals surface area contributed by atoms with Crippen LogP contribution in [0, 0.1) is 18.8 Å². The molecule has 0 saturated heterocycles. The summed E-state index contributed by atoms with van der Waals surface area (Å²) in [7, 11) is 0. The van der Waals surface area contributed by atoms with E-state index in [1.54, 1.807) is 12.1 Å². The molecule has 102 valence electrons. The van der Waals surface area contributed by atoms with E-state index in [4.69, 9.17) is 9.84 Å². The van der Waals surface area contributed by atoms with E-state index in [0.717, 1.165) is 11.3 Å². The number of benzene rings is 1. The van der Waals surface area contributed by atoms with Crippen LogP contribution in [0.5, 0.6) is 5.75 Å². The number of hydrogen-bond donors (Lipinski definition) is 2. The Morgan fingerprint density at radius 3 is 2.68 bits per heavy atom. The van der Waals surface area contributed by atoms with Crippen LogP contribution >= 0.6 is 0 Å². The van der Waals surface area contributed by atoms with Crippen LogP contribution in [0.3, 0.4) is 0 Å². The molecule has 0 unspecified atom stereocenters. The number of carboxylic acids is 1. The van der Waals surface area contributed by atoms with Gasteiger partial charge in [0.05, 0.1) is 18.4 Å². The van der Waals surface area contributed by atoms with Crippen molar-refractivity contribution in [2.75, 3.05) is 11.9 Å². The first kappa shape index (κ1) is 13.4. The minimum Gasteiger partial charge on any atom is -0.494 e. The molecule has 0 heterocycles. The molecule has 1 fully saturated rings. The predicted molar refractivity (Wildman–Crippen MR) is 70.2 cm³/mol. The Hall–Kier alpha value is -2.04. The first-order chi connectivity index (χ1) is 9.02. The number of aliphatic carboxylic acids is 1. The van der Waals surface area contributed by atoms with E-state index in [2.05, 4.69) is 5.32 Å². The third-order valence-corrected chi connectivity index (χ3v) is 3.21. The van der Waals surface area contributed by atoms with Crippen molar-refractivity contribution in [3.05, 3.63) is 23.8 Å². The molecule has 1 aromatic rings. The molecule has 1 amide bonds. The van der Waals surface area contributed by atoms with Gasteiger partial charge in [-0.2, -0.15) is 0 Å². The summed E-state index contributed by atoms with van der Waals surface area (Å²) in [5, 5.41) is 11.6. The monoisotopic (exact) mass is 263 g/mol. The van der Waals surface area contributed by atoms with Crippen LogP contribution in [0.15, 0.2) is 18.2 Å². The van der Waals surface area contributed by atoms with Crippen LogP contribution < -0.4 is 10.1 Å². The van der Waals surface area contributed by atoms with Crippen LogP contribution in [0.2, 0.25) is 0 Å². The quantitative estimate of drug-likeness (QED) is 0.852. The number of carbonyl (C=O) groups excluding carboxylic acids is 1. The molecule has 0 spiro atoms. The fraction of sp³-hybridized carbons (Fsp3) is 0.429. The van der Waals surface area contributed by atoms with Gasteiger partial charge in [0, 0.05) is 5.69 Å². The van der Waals surface area contributed by atoms with Gasteiger partial charge >= 0.3 is 5.97 Å². The van der Waals surface area contributed by atoms with E-state index in [9.17, 15) is 9.59 Å². The molecule has 0 aromatic heterocycles. The molecule has 5 nitrogen and oxygen atoms in total. The Labute approximate surface area is 111 Å². The second-order valence-corrected chi connectivity index (χ2v) is 4.69. The lowest BCUT2D eigenvalue weighted by molar-refractivity contribution is -0.139. The highest BCUT2D eigenvalue weighted by Gasteiger charge is 2.48. The van der Waals surface area contributed by atoms with Gasteiger partial charge in [-0.15, -0.1) is 0 Å². The fourth-order valence-electron chi connectivity index (χ4n) is 2.02. The molecule has 1 saturated carbocycles. The van der Waals surface area contributed by atoms with Crippen molar-refractivity contribution in [2.45, 2.75) is 20.3 Å². The summed E-state index contributed by atoms with van der Waals surface area (Å²) >= 11 is 0. The molecular formula is C14H17NO4. The number of rotatable bonds is 5. The average Bonchev–Trinajstić information content (AvgIpc) is 3.13. The van der Waals surface area contributed by atoms with E-state index in [0.29, 0.717) is 18.7 Å². The van der Waals surface area contributed by atoms with Gasteiger partial charge in [-0.1, -0.05) is 0 Å². The fourth-order valence-corrected chi connectivity index (χ4v) is 2.02. The lowest BCUT2D eigenvalue weighted by Crippen LogP contribution is -2.17. The Kier molecular flexibility index (Phi) is 3.74. The van der Waals surface area contributed by atoms with Crippen LogP contribution in [0.4, 0.5) is 5.69 Å². The maximum Gasteiger partial charge on any atom is 0.307 e. The predicted octanol–water partition coefficient (Wildman–Crippen LogP) is 2.05. The molecule has 2 N–H and O–H groups in total. The molecule has 1 aliphatic rings. The van der Waals surface area contributed by atoms with Crippen molar-refractivity contribution in [1.29, 1.82) is 0 Å². The summed E-state index contributed by atoms with van der Waals surface area (Å²) in [4.78, 5) is 22.6. The number of carboxylic acid groups (broad SMARTS) is 1. The number of amides is 1. The van der Waals surface area contributed by atoms with Gasteiger partial charge in [0.1, 0.15) is 5.75 Å². The Morgan fingerprint density at radius 2 is 2.16 bits per heavy atom. The van der Waals surface area contributed by atoms with Gasteiger partial charge in [0.2, 0.25) is 5.91 Å². The molecule has 0 radical (unpaired) electrons. The van der Waals surface area contributed by atoms with Gasteiger partial charge < -0.3 is 15.2 Å². The zero-order valence-corrected chi connectivity index (χ0v) is 11.0. The summed E-state index contributed by atoms with van der Waals surface area (Å²) in [6, 6.07) is 5.41. The van der Waals surface area contributed by atoms with Crippen molar-refractivity contribution >= 4 is 17.6 Å². The van der Waals surface area contributed by atoms with Gasteiger partial charge in [0.15, 0.2) is 0 Å². The van der Waals surface area contributed by atoms with E-state index in [1.165, 1.54) is 0 Å². The molecule has 0 bridgehead atoms.